The lowest BCUT2D eigenvalue weighted by molar-refractivity contribution is 0.602. The molecular weight excluding hydrogens is 248 g/mol. The Morgan fingerprint density at radius 2 is 2.54 bits per heavy atom. The van der Waals surface area contributed by atoms with Gasteiger partial charge in [-0.2, -0.15) is 5.26 Å². The van der Waals surface area contributed by atoms with Crippen LogP contribution in [0.25, 0.3) is 0 Å². The first-order valence-electron chi connectivity index (χ1n) is 4.05. The minimum Gasteiger partial charge on any atom is -0.311 e. The number of nitriles is 1. The molecule has 0 bridgehead atoms. The summed E-state index contributed by atoms with van der Waals surface area (Å²) in [5, 5.41) is 13.9. The van der Waals surface area contributed by atoms with E-state index in [2.05, 4.69) is 38.8 Å². The summed E-state index contributed by atoms with van der Waals surface area (Å²) >= 11 is 5.09. The molecule has 0 radical (unpaired) electrons. The van der Waals surface area contributed by atoms with Crippen LogP contribution in [0.1, 0.15) is 12.5 Å². The fraction of sp³-hybridized carbons (Fsp3) is 0.444. The molecule has 4 heteroatoms. The summed E-state index contributed by atoms with van der Waals surface area (Å²) in [6, 6.07) is 4.28. The number of halogens is 1. The molecule has 1 atom stereocenters. The third-order valence-electron chi connectivity index (χ3n) is 1.62. The highest BCUT2D eigenvalue weighted by Crippen LogP contribution is 2.20. The van der Waals surface area contributed by atoms with Gasteiger partial charge in [-0.25, -0.2) is 0 Å². The standard InChI is InChI=1S/C9H11BrN2S/c1-7(3-11)4-12-5-8-2-9(10)13-6-8/h2,6-7,12H,4-5H2,1H3. The Balaban J connectivity index is 2.25. The number of nitrogens with zero attached hydrogens (tertiary/aromatic N) is 1. The van der Waals surface area contributed by atoms with E-state index in [1.54, 1.807) is 11.3 Å². The van der Waals surface area contributed by atoms with Crippen molar-refractivity contribution in [3.8, 4) is 6.07 Å². The van der Waals surface area contributed by atoms with E-state index in [0.29, 0.717) is 0 Å². The molecule has 0 aliphatic heterocycles. The fourth-order valence-corrected chi connectivity index (χ4v) is 2.13. The minimum atomic E-state index is 0.0853. The third kappa shape index (κ3) is 3.90. The average molecular weight is 259 g/mol. The Labute approximate surface area is 90.7 Å². The summed E-state index contributed by atoms with van der Waals surface area (Å²) in [4.78, 5) is 0. The molecular formula is C9H11BrN2S. The molecule has 1 unspecified atom stereocenters. The third-order valence-corrected chi connectivity index (χ3v) is 3.18. The highest BCUT2D eigenvalue weighted by molar-refractivity contribution is 9.11. The average Bonchev–Trinajstić information content (AvgIpc) is 2.51. The molecule has 0 aliphatic carbocycles. The molecule has 0 amide bonds. The summed E-state index contributed by atoms with van der Waals surface area (Å²) in [6.45, 7) is 3.51. The van der Waals surface area contributed by atoms with Crippen molar-refractivity contribution in [3.05, 3.63) is 20.8 Å². The molecule has 13 heavy (non-hydrogen) atoms. The maximum Gasteiger partial charge on any atom is 0.0701 e. The normalized spacial score (nSPS) is 12.4. The van der Waals surface area contributed by atoms with Crippen LogP contribution in [0, 0.1) is 17.2 Å². The van der Waals surface area contributed by atoms with E-state index in [1.807, 2.05) is 6.92 Å². The van der Waals surface area contributed by atoms with Gasteiger partial charge in [0.15, 0.2) is 0 Å². The molecule has 1 aromatic heterocycles. The van der Waals surface area contributed by atoms with Crippen molar-refractivity contribution in [2.75, 3.05) is 6.54 Å². The number of hydrogen-bond acceptors (Lipinski definition) is 3. The van der Waals surface area contributed by atoms with E-state index in [4.69, 9.17) is 5.26 Å². The summed E-state index contributed by atoms with van der Waals surface area (Å²) in [6.07, 6.45) is 0. The van der Waals surface area contributed by atoms with Gasteiger partial charge in [0.25, 0.3) is 0 Å². The van der Waals surface area contributed by atoms with E-state index in [-0.39, 0.29) is 5.92 Å². The van der Waals surface area contributed by atoms with Gasteiger partial charge in [0, 0.05) is 13.1 Å². The van der Waals surface area contributed by atoms with E-state index in [0.717, 1.165) is 16.9 Å². The van der Waals surface area contributed by atoms with Crippen molar-refractivity contribution in [2.45, 2.75) is 13.5 Å². The second kappa shape index (κ2) is 5.38. The Hall–Kier alpha value is -0.370. The highest BCUT2D eigenvalue weighted by Gasteiger charge is 1.99. The van der Waals surface area contributed by atoms with E-state index < -0.39 is 0 Å². The van der Waals surface area contributed by atoms with Crippen LogP contribution in [0.5, 0.6) is 0 Å². The molecule has 2 nitrogen and oxygen atoms in total. The SMILES string of the molecule is CC(C#N)CNCc1csc(Br)c1. The smallest absolute Gasteiger partial charge is 0.0701 e. The molecule has 1 rings (SSSR count). The summed E-state index contributed by atoms with van der Waals surface area (Å²) < 4.78 is 1.15. The van der Waals surface area contributed by atoms with Crippen LogP contribution in [-0.2, 0) is 6.54 Å². The Morgan fingerprint density at radius 3 is 3.08 bits per heavy atom. The van der Waals surface area contributed by atoms with Gasteiger partial charge < -0.3 is 5.32 Å². The molecule has 0 fully saturated rings. The number of thiophene rings is 1. The zero-order valence-corrected chi connectivity index (χ0v) is 9.78. The largest absolute Gasteiger partial charge is 0.311 e. The van der Waals surface area contributed by atoms with Crippen LogP contribution < -0.4 is 5.32 Å². The van der Waals surface area contributed by atoms with Crippen LogP contribution in [0.15, 0.2) is 15.2 Å². The van der Waals surface area contributed by atoms with Gasteiger partial charge in [-0.05, 0) is 39.9 Å². The van der Waals surface area contributed by atoms with Gasteiger partial charge >= 0.3 is 0 Å². The molecule has 0 saturated carbocycles. The van der Waals surface area contributed by atoms with Crippen molar-refractivity contribution in [2.24, 2.45) is 5.92 Å². The van der Waals surface area contributed by atoms with Gasteiger partial charge in [0.2, 0.25) is 0 Å². The molecule has 0 aromatic carbocycles. The number of hydrogen-bond donors (Lipinski definition) is 1. The molecule has 1 heterocycles. The zero-order chi connectivity index (χ0) is 9.68. The summed E-state index contributed by atoms with van der Waals surface area (Å²) in [5.41, 5.74) is 1.27. The van der Waals surface area contributed by atoms with E-state index >= 15 is 0 Å². The van der Waals surface area contributed by atoms with Gasteiger partial charge in [-0.3, -0.25) is 0 Å². The van der Waals surface area contributed by atoms with Crippen molar-refractivity contribution in [1.29, 1.82) is 5.26 Å². The van der Waals surface area contributed by atoms with Crippen LogP contribution in [-0.4, -0.2) is 6.54 Å². The van der Waals surface area contributed by atoms with Crippen LogP contribution in [0.3, 0.4) is 0 Å². The van der Waals surface area contributed by atoms with Crippen molar-refractivity contribution in [1.82, 2.24) is 5.32 Å². The van der Waals surface area contributed by atoms with Crippen LogP contribution >= 0.6 is 27.3 Å². The van der Waals surface area contributed by atoms with Crippen molar-refractivity contribution in [3.63, 3.8) is 0 Å². The molecule has 70 valence electrons. The Bertz CT molecular complexity index is 303. The van der Waals surface area contributed by atoms with E-state index in [9.17, 15) is 0 Å². The summed E-state index contributed by atoms with van der Waals surface area (Å²) in [5.74, 6) is 0.0853. The fourth-order valence-electron chi connectivity index (χ4n) is 0.917. The zero-order valence-electron chi connectivity index (χ0n) is 7.38. The van der Waals surface area contributed by atoms with Crippen LogP contribution in [0.2, 0.25) is 0 Å². The first kappa shape index (κ1) is 10.7. The number of rotatable bonds is 4. The predicted octanol–water partition coefficient (Wildman–Crippen LogP) is 2.76. The molecule has 0 aliphatic rings. The van der Waals surface area contributed by atoms with Crippen molar-refractivity contribution < 1.29 is 0 Å². The first-order chi connectivity index (χ1) is 6.22. The Kier molecular flexibility index (Phi) is 4.43. The predicted molar refractivity (Wildman–Crippen MR) is 58.5 cm³/mol. The second-order valence-corrected chi connectivity index (χ2v) is 5.21. The quantitative estimate of drug-likeness (QED) is 0.902. The summed E-state index contributed by atoms with van der Waals surface area (Å²) in [7, 11) is 0. The first-order valence-corrected chi connectivity index (χ1v) is 5.73. The minimum absolute atomic E-state index is 0.0853. The van der Waals surface area contributed by atoms with Gasteiger partial charge in [0.1, 0.15) is 0 Å². The maximum absolute atomic E-state index is 8.54. The maximum atomic E-state index is 8.54. The van der Waals surface area contributed by atoms with Crippen molar-refractivity contribution >= 4 is 27.3 Å². The molecule has 1 N–H and O–H groups in total. The molecule has 1 aromatic rings. The monoisotopic (exact) mass is 258 g/mol. The lowest BCUT2D eigenvalue weighted by Gasteiger charge is -2.03. The number of nitrogens with one attached hydrogen (secondary N) is 1. The van der Waals surface area contributed by atoms with Gasteiger partial charge in [-0.1, -0.05) is 0 Å². The van der Waals surface area contributed by atoms with E-state index in [1.165, 1.54) is 5.56 Å². The Morgan fingerprint density at radius 1 is 1.77 bits per heavy atom. The van der Waals surface area contributed by atoms with Gasteiger partial charge in [-0.15, -0.1) is 11.3 Å². The lowest BCUT2D eigenvalue weighted by atomic mass is 10.2. The van der Waals surface area contributed by atoms with Gasteiger partial charge in [0.05, 0.1) is 15.8 Å². The second-order valence-electron chi connectivity index (χ2n) is 2.92. The molecule has 0 saturated heterocycles. The highest BCUT2D eigenvalue weighted by atomic mass is 79.9. The van der Waals surface area contributed by atoms with Crippen LogP contribution in [0.4, 0.5) is 0 Å². The molecule has 0 spiro atoms. The topological polar surface area (TPSA) is 35.8 Å². The lowest BCUT2D eigenvalue weighted by Crippen LogP contribution is -2.19.